The van der Waals surface area contributed by atoms with Gasteiger partial charge in [-0.2, -0.15) is 0 Å². The lowest BCUT2D eigenvalue weighted by Crippen LogP contribution is -2.10. The van der Waals surface area contributed by atoms with E-state index in [4.69, 9.17) is 5.73 Å². The number of aromatic nitrogens is 1. The van der Waals surface area contributed by atoms with Gasteiger partial charge in [0.15, 0.2) is 0 Å². The van der Waals surface area contributed by atoms with Gasteiger partial charge in [-0.25, -0.2) is 4.98 Å². The maximum Gasteiger partial charge on any atom is 0.123 e. The summed E-state index contributed by atoms with van der Waals surface area (Å²) in [6.07, 6.45) is 0. The fourth-order valence-electron chi connectivity index (χ4n) is 1.61. The number of nitrogen functional groups attached to an aromatic ring is 1. The average molecular weight is 277 g/mol. The lowest BCUT2D eigenvalue weighted by atomic mass is 10.2. The first-order chi connectivity index (χ1) is 9.06. The van der Waals surface area contributed by atoms with E-state index in [9.17, 15) is 0 Å². The molecule has 1 aromatic heterocycles. The van der Waals surface area contributed by atoms with Crippen molar-refractivity contribution in [2.24, 2.45) is 0 Å². The minimum atomic E-state index is 0.788. The minimum Gasteiger partial charge on any atom is -0.399 e. The standard InChI is InChI=1S/C13H17N3S.C2H6/c1-9-12(8-16(2)3)17-13(15-9)10-4-6-11(14)7-5-10;1-2/h4-7H,8,14H2,1-3H3;1-2H3. The Morgan fingerprint density at radius 1 is 1.16 bits per heavy atom. The molecule has 0 aliphatic carbocycles. The van der Waals surface area contributed by atoms with Gasteiger partial charge in [0.2, 0.25) is 0 Å². The van der Waals surface area contributed by atoms with Gasteiger partial charge in [0.1, 0.15) is 5.01 Å². The van der Waals surface area contributed by atoms with Gasteiger partial charge in [0.05, 0.1) is 5.69 Å². The van der Waals surface area contributed by atoms with E-state index in [0.29, 0.717) is 0 Å². The van der Waals surface area contributed by atoms with E-state index in [-0.39, 0.29) is 0 Å². The monoisotopic (exact) mass is 277 g/mol. The van der Waals surface area contributed by atoms with E-state index < -0.39 is 0 Å². The Bertz CT molecular complexity index is 501. The normalized spacial score (nSPS) is 10.2. The van der Waals surface area contributed by atoms with Crippen LogP contribution in [0.1, 0.15) is 24.4 Å². The first-order valence-electron chi connectivity index (χ1n) is 6.53. The summed E-state index contributed by atoms with van der Waals surface area (Å²) in [6, 6.07) is 7.87. The molecule has 3 nitrogen and oxygen atoms in total. The number of hydrogen-bond acceptors (Lipinski definition) is 4. The van der Waals surface area contributed by atoms with Crippen molar-refractivity contribution in [3.63, 3.8) is 0 Å². The van der Waals surface area contributed by atoms with Crippen molar-refractivity contribution in [3.8, 4) is 10.6 Å². The van der Waals surface area contributed by atoms with Crippen molar-refractivity contribution in [2.45, 2.75) is 27.3 Å². The SMILES string of the molecule is CC.Cc1nc(-c2ccc(N)cc2)sc1CN(C)C. The zero-order valence-electron chi connectivity index (χ0n) is 12.4. The number of benzene rings is 1. The minimum absolute atomic E-state index is 0.788. The molecule has 0 amide bonds. The summed E-state index contributed by atoms with van der Waals surface area (Å²) in [6.45, 7) is 7.01. The lowest BCUT2D eigenvalue weighted by Gasteiger charge is -2.06. The Balaban J connectivity index is 0.000000861. The van der Waals surface area contributed by atoms with Crippen LogP contribution < -0.4 is 5.73 Å². The van der Waals surface area contributed by atoms with Crippen LogP contribution in [0.25, 0.3) is 10.6 Å². The van der Waals surface area contributed by atoms with Crippen molar-refractivity contribution in [1.82, 2.24) is 9.88 Å². The van der Waals surface area contributed by atoms with E-state index in [1.165, 1.54) is 4.88 Å². The average Bonchev–Trinajstić information content (AvgIpc) is 2.73. The van der Waals surface area contributed by atoms with E-state index in [0.717, 1.165) is 28.5 Å². The molecule has 0 aliphatic rings. The molecule has 1 aromatic carbocycles. The Hall–Kier alpha value is -1.39. The van der Waals surface area contributed by atoms with Gasteiger partial charge in [-0.3, -0.25) is 0 Å². The predicted molar refractivity (Wildman–Crippen MR) is 85.4 cm³/mol. The summed E-state index contributed by atoms with van der Waals surface area (Å²) in [7, 11) is 4.14. The molecule has 0 fully saturated rings. The van der Waals surface area contributed by atoms with Gasteiger partial charge in [-0.15, -0.1) is 11.3 Å². The molecular weight excluding hydrogens is 254 g/mol. The van der Waals surface area contributed by atoms with Crippen LogP contribution in [-0.4, -0.2) is 24.0 Å². The molecular formula is C15H23N3S. The summed E-state index contributed by atoms with van der Waals surface area (Å²) in [5.41, 5.74) is 8.73. The number of nitrogens with two attached hydrogens (primary N) is 1. The topological polar surface area (TPSA) is 42.1 Å². The Labute approximate surface area is 120 Å². The van der Waals surface area contributed by atoms with E-state index in [1.807, 2.05) is 38.1 Å². The van der Waals surface area contributed by atoms with Crippen molar-refractivity contribution >= 4 is 17.0 Å². The highest BCUT2D eigenvalue weighted by Gasteiger charge is 2.09. The van der Waals surface area contributed by atoms with Crippen molar-refractivity contribution in [3.05, 3.63) is 34.8 Å². The summed E-state index contributed by atoms with van der Waals surface area (Å²) >= 11 is 1.75. The molecule has 1 heterocycles. The summed E-state index contributed by atoms with van der Waals surface area (Å²) < 4.78 is 0. The molecule has 2 rings (SSSR count). The van der Waals surface area contributed by atoms with Crippen LogP contribution in [-0.2, 0) is 6.54 Å². The van der Waals surface area contributed by atoms with Crippen LogP contribution in [0.3, 0.4) is 0 Å². The fraction of sp³-hybridized carbons (Fsp3) is 0.400. The number of hydrogen-bond donors (Lipinski definition) is 1. The maximum atomic E-state index is 5.68. The number of rotatable bonds is 3. The maximum absolute atomic E-state index is 5.68. The summed E-state index contributed by atoms with van der Waals surface area (Å²) in [5, 5.41) is 1.07. The summed E-state index contributed by atoms with van der Waals surface area (Å²) in [5.74, 6) is 0. The Kier molecular flexibility index (Phi) is 5.99. The van der Waals surface area contributed by atoms with Gasteiger partial charge >= 0.3 is 0 Å². The number of thiazole rings is 1. The van der Waals surface area contributed by atoms with E-state index in [2.05, 4.69) is 30.9 Å². The molecule has 0 bridgehead atoms. The quantitative estimate of drug-likeness (QED) is 0.868. The Morgan fingerprint density at radius 2 is 1.74 bits per heavy atom. The predicted octanol–water partition coefficient (Wildman–Crippen LogP) is 3.79. The smallest absolute Gasteiger partial charge is 0.123 e. The molecule has 0 saturated carbocycles. The second-order valence-corrected chi connectivity index (χ2v) is 5.47. The number of anilines is 1. The Morgan fingerprint density at radius 3 is 2.26 bits per heavy atom. The second-order valence-electron chi connectivity index (χ2n) is 4.39. The van der Waals surface area contributed by atoms with Crippen LogP contribution in [0.4, 0.5) is 5.69 Å². The number of aryl methyl sites for hydroxylation is 1. The molecule has 2 aromatic rings. The first kappa shape index (κ1) is 15.7. The molecule has 0 saturated heterocycles. The zero-order valence-corrected chi connectivity index (χ0v) is 13.2. The van der Waals surface area contributed by atoms with E-state index in [1.54, 1.807) is 11.3 Å². The van der Waals surface area contributed by atoms with Crippen LogP contribution >= 0.6 is 11.3 Å². The highest BCUT2D eigenvalue weighted by atomic mass is 32.1. The van der Waals surface area contributed by atoms with Gasteiger partial charge < -0.3 is 10.6 Å². The molecule has 104 valence electrons. The van der Waals surface area contributed by atoms with Crippen molar-refractivity contribution in [2.75, 3.05) is 19.8 Å². The third-order valence-corrected chi connectivity index (χ3v) is 3.70. The van der Waals surface area contributed by atoms with Crippen LogP contribution in [0, 0.1) is 6.92 Å². The molecule has 0 atom stereocenters. The third-order valence-electron chi connectivity index (χ3n) is 2.51. The van der Waals surface area contributed by atoms with Gasteiger partial charge in [-0.05, 0) is 45.3 Å². The lowest BCUT2D eigenvalue weighted by molar-refractivity contribution is 0.405. The van der Waals surface area contributed by atoms with Gasteiger partial charge in [-0.1, -0.05) is 13.8 Å². The van der Waals surface area contributed by atoms with Gasteiger partial charge in [0, 0.05) is 22.7 Å². The highest BCUT2D eigenvalue weighted by Crippen LogP contribution is 2.28. The van der Waals surface area contributed by atoms with Crippen molar-refractivity contribution < 1.29 is 0 Å². The molecule has 0 aliphatic heterocycles. The van der Waals surface area contributed by atoms with Crippen molar-refractivity contribution in [1.29, 1.82) is 0 Å². The molecule has 19 heavy (non-hydrogen) atoms. The molecule has 0 radical (unpaired) electrons. The van der Waals surface area contributed by atoms with Gasteiger partial charge in [0.25, 0.3) is 0 Å². The first-order valence-corrected chi connectivity index (χ1v) is 7.35. The van der Waals surface area contributed by atoms with Crippen LogP contribution in [0.2, 0.25) is 0 Å². The molecule has 2 N–H and O–H groups in total. The molecule has 0 unspecified atom stereocenters. The fourth-order valence-corrected chi connectivity index (χ4v) is 2.80. The molecule has 0 spiro atoms. The summed E-state index contributed by atoms with van der Waals surface area (Å²) in [4.78, 5) is 8.10. The second kappa shape index (κ2) is 7.26. The largest absolute Gasteiger partial charge is 0.399 e. The molecule has 4 heteroatoms. The number of nitrogens with zero attached hydrogens (tertiary/aromatic N) is 2. The highest BCUT2D eigenvalue weighted by molar-refractivity contribution is 7.15. The van der Waals surface area contributed by atoms with E-state index >= 15 is 0 Å². The third kappa shape index (κ3) is 4.33. The van der Waals surface area contributed by atoms with Crippen LogP contribution in [0.15, 0.2) is 24.3 Å². The zero-order chi connectivity index (χ0) is 14.4. The van der Waals surface area contributed by atoms with Crippen LogP contribution in [0.5, 0.6) is 0 Å².